The lowest BCUT2D eigenvalue weighted by Crippen LogP contribution is -2.06. The molecule has 7 heteroatoms. The number of benzene rings is 1. The molecular formula is C15H12N4O3. The van der Waals surface area contributed by atoms with Crippen molar-refractivity contribution in [2.75, 3.05) is 5.32 Å². The van der Waals surface area contributed by atoms with Gasteiger partial charge in [-0.15, -0.1) is 0 Å². The number of anilines is 1. The molecule has 0 radical (unpaired) electrons. The topological polar surface area (TPSA) is 97.0 Å². The van der Waals surface area contributed by atoms with Crippen LogP contribution in [0.4, 0.5) is 5.69 Å². The molecule has 110 valence electrons. The number of hydrogen-bond acceptors (Lipinski definition) is 5. The van der Waals surface area contributed by atoms with E-state index in [1.807, 2.05) is 0 Å². The van der Waals surface area contributed by atoms with Gasteiger partial charge in [0.2, 0.25) is 5.91 Å². The number of carbonyl (C=O) groups excluding carboxylic acids is 1. The molecule has 0 saturated carbocycles. The third-order valence-electron chi connectivity index (χ3n) is 2.84. The maximum Gasteiger partial charge on any atom is 0.268 e. The Morgan fingerprint density at radius 2 is 1.95 bits per heavy atom. The molecule has 7 nitrogen and oxygen atoms in total. The zero-order valence-electron chi connectivity index (χ0n) is 11.7. The van der Waals surface area contributed by atoms with Crippen LogP contribution in [0.3, 0.4) is 0 Å². The van der Waals surface area contributed by atoms with E-state index < -0.39 is 0 Å². The van der Waals surface area contributed by atoms with Crippen molar-refractivity contribution < 1.29 is 9.53 Å². The third kappa shape index (κ3) is 2.93. The molecule has 3 aromatic rings. The fourth-order valence-corrected chi connectivity index (χ4v) is 1.94. The number of hydrogen-bond donors (Lipinski definition) is 2. The highest BCUT2D eigenvalue weighted by molar-refractivity contribution is 5.88. The van der Waals surface area contributed by atoms with E-state index in [9.17, 15) is 9.59 Å². The second-order valence-corrected chi connectivity index (χ2v) is 4.56. The summed E-state index contributed by atoms with van der Waals surface area (Å²) >= 11 is 0. The van der Waals surface area contributed by atoms with Crippen molar-refractivity contribution in [1.29, 1.82) is 0 Å². The van der Waals surface area contributed by atoms with Crippen molar-refractivity contribution in [2.24, 2.45) is 0 Å². The Morgan fingerprint density at radius 1 is 1.18 bits per heavy atom. The van der Waals surface area contributed by atoms with E-state index in [0.717, 1.165) is 0 Å². The predicted octanol–water partition coefficient (Wildman–Crippen LogP) is 2.07. The van der Waals surface area contributed by atoms with Crippen LogP contribution in [0, 0.1) is 0 Å². The summed E-state index contributed by atoms with van der Waals surface area (Å²) in [5.74, 6) is 0.921. The van der Waals surface area contributed by atoms with E-state index in [1.54, 1.807) is 30.3 Å². The first kappa shape index (κ1) is 13.7. The summed E-state index contributed by atoms with van der Waals surface area (Å²) in [5, 5.41) is 2.68. The van der Waals surface area contributed by atoms with Gasteiger partial charge in [-0.3, -0.25) is 9.59 Å². The highest BCUT2D eigenvalue weighted by Crippen LogP contribution is 2.26. The minimum absolute atomic E-state index is 0.137. The molecule has 0 aliphatic rings. The minimum atomic E-state index is -0.322. The third-order valence-corrected chi connectivity index (χ3v) is 2.84. The molecule has 2 heterocycles. The van der Waals surface area contributed by atoms with Crippen molar-refractivity contribution >= 4 is 22.8 Å². The number of rotatable bonds is 3. The number of aromatic amines is 1. The number of nitrogens with one attached hydrogen (secondary N) is 2. The fourth-order valence-electron chi connectivity index (χ4n) is 1.94. The van der Waals surface area contributed by atoms with Gasteiger partial charge in [0.25, 0.3) is 5.56 Å². The summed E-state index contributed by atoms with van der Waals surface area (Å²) in [7, 11) is 0. The summed E-state index contributed by atoms with van der Waals surface area (Å²) in [6, 6.07) is 8.58. The van der Waals surface area contributed by atoms with Crippen molar-refractivity contribution in [3.63, 3.8) is 0 Å². The first-order chi connectivity index (χ1) is 10.6. The SMILES string of the molecule is CC(=O)Nc1ccc(Oc2ccnc3[nH]c(=O)cnc23)cc1. The molecule has 0 saturated heterocycles. The molecular weight excluding hydrogens is 284 g/mol. The van der Waals surface area contributed by atoms with Crippen molar-refractivity contribution in [1.82, 2.24) is 15.0 Å². The van der Waals surface area contributed by atoms with Crippen LogP contribution in [0.5, 0.6) is 11.5 Å². The van der Waals surface area contributed by atoms with Gasteiger partial charge >= 0.3 is 0 Å². The van der Waals surface area contributed by atoms with E-state index in [4.69, 9.17) is 4.74 Å². The smallest absolute Gasteiger partial charge is 0.268 e. The Kier molecular flexibility index (Phi) is 3.53. The van der Waals surface area contributed by atoms with Crippen molar-refractivity contribution in [3.05, 3.63) is 53.1 Å². The van der Waals surface area contributed by atoms with Gasteiger partial charge in [-0.05, 0) is 24.3 Å². The average molecular weight is 296 g/mol. The minimum Gasteiger partial charge on any atom is -0.455 e. The van der Waals surface area contributed by atoms with Gasteiger partial charge < -0.3 is 15.0 Å². The molecule has 0 fully saturated rings. The van der Waals surface area contributed by atoms with E-state index in [2.05, 4.69) is 20.3 Å². The van der Waals surface area contributed by atoms with E-state index in [0.29, 0.717) is 28.4 Å². The summed E-state index contributed by atoms with van der Waals surface area (Å²) < 4.78 is 5.75. The van der Waals surface area contributed by atoms with E-state index >= 15 is 0 Å². The van der Waals surface area contributed by atoms with E-state index in [-0.39, 0.29) is 11.5 Å². The van der Waals surface area contributed by atoms with Crippen LogP contribution in [-0.4, -0.2) is 20.9 Å². The van der Waals surface area contributed by atoms with Crippen LogP contribution in [0.2, 0.25) is 0 Å². The molecule has 1 aromatic carbocycles. The Labute approximate surface area is 125 Å². The maximum absolute atomic E-state index is 11.2. The number of amides is 1. The number of pyridine rings is 1. The van der Waals surface area contributed by atoms with Gasteiger partial charge in [0, 0.05) is 24.9 Å². The summed E-state index contributed by atoms with van der Waals surface area (Å²) in [6.45, 7) is 1.44. The Bertz CT molecular complexity index is 887. The van der Waals surface area contributed by atoms with Crippen LogP contribution in [-0.2, 0) is 4.79 Å². The fraction of sp³-hybridized carbons (Fsp3) is 0.0667. The van der Waals surface area contributed by atoms with Gasteiger partial charge in [-0.2, -0.15) is 0 Å². The number of H-pyrrole nitrogens is 1. The molecule has 3 rings (SSSR count). The average Bonchev–Trinajstić information content (AvgIpc) is 2.48. The highest BCUT2D eigenvalue weighted by atomic mass is 16.5. The van der Waals surface area contributed by atoms with Gasteiger partial charge in [-0.1, -0.05) is 0 Å². The predicted molar refractivity (Wildman–Crippen MR) is 81.0 cm³/mol. The van der Waals surface area contributed by atoms with Crippen LogP contribution in [0.25, 0.3) is 11.2 Å². The molecule has 0 atom stereocenters. The van der Waals surface area contributed by atoms with Crippen LogP contribution >= 0.6 is 0 Å². The number of carbonyl (C=O) groups is 1. The second kappa shape index (κ2) is 5.65. The zero-order valence-corrected chi connectivity index (χ0v) is 11.7. The molecule has 2 N–H and O–H groups in total. The largest absolute Gasteiger partial charge is 0.455 e. The molecule has 0 unspecified atom stereocenters. The van der Waals surface area contributed by atoms with Crippen molar-refractivity contribution in [3.8, 4) is 11.5 Å². The summed E-state index contributed by atoms with van der Waals surface area (Å²) in [4.78, 5) is 32.9. The number of aromatic nitrogens is 3. The Hall–Kier alpha value is -3.22. The van der Waals surface area contributed by atoms with Gasteiger partial charge in [-0.25, -0.2) is 9.97 Å². The zero-order chi connectivity index (χ0) is 15.5. The molecule has 22 heavy (non-hydrogen) atoms. The standard InChI is InChI=1S/C15H12N4O3/c1-9(20)18-10-2-4-11(5-3-10)22-12-6-7-16-15-14(12)17-8-13(21)19-15/h2-8H,1H3,(H,18,20)(H,16,19,21). The number of ether oxygens (including phenoxy) is 1. The van der Waals surface area contributed by atoms with Gasteiger partial charge in [0.15, 0.2) is 11.4 Å². The maximum atomic E-state index is 11.2. The normalized spacial score (nSPS) is 10.4. The number of fused-ring (bicyclic) bond motifs is 1. The quantitative estimate of drug-likeness (QED) is 0.771. The summed E-state index contributed by atoms with van der Waals surface area (Å²) in [5.41, 5.74) is 1.19. The first-order valence-electron chi connectivity index (χ1n) is 6.51. The second-order valence-electron chi connectivity index (χ2n) is 4.56. The lowest BCUT2D eigenvalue weighted by molar-refractivity contribution is -0.114. The monoisotopic (exact) mass is 296 g/mol. The van der Waals surface area contributed by atoms with Crippen LogP contribution in [0.1, 0.15) is 6.92 Å². The van der Waals surface area contributed by atoms with Gasteiger partial charge in [0.1, 0.15) is 11.3 Å². The molecule has 0 spiro atoms. The van der Waals surface area contributed by atoms with Crippen LogP contribution < -0.4 is 15.6 Å². The van der Waals surface area contributed by atoms with E-state index in [1.165, 1.54) is 19.3 Å². The van der Waals surface area contributed by atoms with Gasteiger partial charge in [0.05, 0.1) is 6.20 Å². The molecule has 0 aliphatic carbocycles. The lowest BCUT2D eigenvalue weighted by atomic mass is 10.3. The van der Waals surface area contributed by atoms with Crippen LogP contribution in [0.15, 0.2) is 47.5 Å². The molecule has 0 bridgehead atoms. The highest BCUT2D eigenvalue weighted by Gasteiger charge is 2.07. The lowest BCUT2D eigenvalue weighted by Gasteiger charge is -2.08. The Morgan fingerprint density at radius 3 is 2.68 bits per heavy atom. The molecule has 0 aliphatic heterocycles. The summed E-state index contributed by atoms with van der Waals surface area (Å²) in [6.07, 6.45) is 2.71. The molecule has 2 aromatic heterocycles. The molecule has 1 amide bonds. The van der Waals surface area contributed by atoms with Crippen molar-refractivity contribution in [2.45, 2.75) is 6.92 Å². The Balaban J connectivity index is 1.90. The first-order valence-corrected chi connectivity index (χ1v) is 6.51. The number of nitrogens with zero attached hydrogens (tertiary/aromatic N) is 2.